The molecule has 1 unspecified atom stereocenters. The minimum Gasteiger partial charge on any atom is -0.385 e. The summed E-state index contributed by atoms with van der Waals surface area (Å²) >= 11 is 6.23. The molecule has 0 heterocycles. The number of nitrogens with zero attached hydrogens (tertiary/aromatic N) is 1. The molecular weight excluding hydrogens is 246 g/mol. The van der Waals surface area contributed by atoms with Gasteiger partial charge in [0.05, 0.1) is 10.7 Å². The van der Waals surface area contributed by atoms with Gasteiger partial charge in [0.1, 0.15) is 0 Å². The van der Waals surface area contributed by atoms with Crippen molar-refractivity contribution in [3.63, 3.8) is 0 Å². The van der Waals surface area contributed by atoms with E-state index in [1.165, 1.54) is 0 Å². The molecule has 0 aliphatic heterocycles. The molecule has 3 N–H and O–H groups in total. The van der Waals surface area contributed by atoms with Crippen molar-refractivity contribution in [2.24, 2.45) is 17.6 Å². The lowest BCUT2D eigenvalue weighted by Crippen LogP contribution is -2.27. The number of benzene rings is 1. The van der Waals surface area contributed by atoms with E-state index in [0.717, 1.165) is 22.9 Å². The summed E-state index contributed by atoms with van der Waals surface area (Å²) in [6.07, 6.45) is 0. The fourth-order valence-electron chi connectivity index (χ4n) is 1.82. The summed E-state index contributed by atoms with van der Waals surface area (Å²) in [7, 11) is 3.97. The van der Waals surface area contributed by atoms with Crippen molar-refractivity contribution in [1.29, 1.82) is 0 Å². The Morgan fingerprint density at radius 1 is 1.33 bits per heavy atom. The van der Waals surface area contributed by atoms with Gasteiger partial charge in [0.2, 0.25) is 0 Å². The van der Waals surface area contributed by atoms with Crippen LogP contribution in [0, 0.1) is 11.8 Å². The molecule has 1 aromatic carbocycles. The van der Waals surface area contributed by atoms with Gasteiger partial charge < -0.3 is 16.0 Å². The van der Waals surface area contributed by atoms with Crippen LogP contribution in [0.1, 0.15) is 13.8 Å². The maximum absolute atomic E-state index is 6.23. The number of nitrogens with one attached hydrogen (secondary N) is 1. The van der Waals surface area contributed by atoms with Crippen LogP contribution in [0.3, 0.4) is 0 Å². The van der Waals surface area contributed by atoms with Crippen LogP contribution >= 0.6 is 11.6 Å². The van der Waals surface area contributed by atoms with Crippen molar-refractivity contribution in [3.8, 4) is 0 Å². The average molecular weight is 270 g/mol. The van der Waals surface area contributed by atoms with E-state index in [9.17, 15) is 0 Å². The number of hydrogen-bond donors (Lipinski definition) is 2. The second kappa shape index (κ2) is 6.86. The molecule has 0 aliphatic carbocycles. The van der Waals surface area contributed by atoms with E-state index in [0.29, 0.717) is 18.4 Å². The summed E-state index contributed by atoms with van der Waals surface area (Å²) in [5.74, 6) is 1.07. The van der Waals surface area contributed by atoms with Gasteiger partial charge in [-0.1, -0.05) is 25.4 Å². The maximum atomic E-state index is 6.23. The predicted molar refractivity (Wildman–Crippen MR) is 81.7 cm³/mol. The molecule has 0 fully saturated rings. The van der Waals surface area contributed by atoms with Crippen LogP contribution in [0.2, 0.25) is 5.02 Å². The second-order valence-electron chi connectivity index (χ2n) is 5.18. The number of hydrogen-bond acceptors (Lipinski definition) is 3. The first-order valence-corrected chi connectivity index (χ1v) is 6.74. The molecule has 1 rings (SSSR count). The van der Waals surface area contributed by atoms with Crippen LogP contribution in [0.5, 0.6) is 0 Å². The molecule has 102 valence electrons. The van der Waals surface area contributed by atoms with Crippen molar-refractivity contribution in [3.05, 3.63) is 23.2 Å². The van der Waals surface area contributed by atoms with Crippen LogP contribution in [-0.2, 0) is 0 Å². The van der Waals surface area contributed by atoms with Gasteiger partial charge in [-0.2, -0.15) is 0 Å². The molecule has 0 aromatic heterocycles. The highest BCUT2D eigenvalue weighted by Gasteiger charge is 2.11. The summed E-state index contributed by atoms with van der Waals surface area (Å²) in [6.45, 7) is 5.97. The van der Waals surface area contributed by atoms with Gasteiger partial charge in [-0.15, -0.1) is 0 Å². The summed E-state index contributed by atoms with van der Waals surface area (Å²) < 4.78 is 0. The van der Waals surface area contributed by atoms with Gasteiger partial charge in [0, 0.05) is 26.3 Å². The molecule has 4 heteroatoms. The first-order chi connectivity index (χ1) is 8.45. The van der Waals surface area contributed by atoms with Gasteiger partial charge in [-0.05, 0) is 36.6 Å². The summed E-state index contributed by atoms with van der Waals surface area (Å²) in [4.78, 5) is 2.00. The molecular formula is C14H24ClN3. The van der Waals surface area contributed by atoms with Gasteiger partial charge in [-0.3, -0.25) is 0 Å². The minimum atomic E-state index is 0.484. The van der Waals surface area contributed by atoms with Gasteiger partial charge in [0.25, 0.3) is 0 Å². The number of nitrogens with two attached hydrogens (primary N) is 1. The van der Waals surface area contributed by atoms with Crippen molar-refractivity contribution in [1.82, 2.24) is 0 Å². The standard InChI is InChI=1S/C14H24ClN3/c1-10(2)11(8-16)9-17-12-5-6-14(18(3)4)13(15)7-12/h5-7,10-11,17H,8-9,16H2,1-4H3. The zero-order valence-electron chi connectivity index (χ0n) is 11.7. The molecule has 0 aliphatic rings. The normalized spacial score (nSPS) is 12.6. The first-order valence-electron chi connectivity index (χ1n) is 6.36. The smallest absolute Gasteiger partial charge is 0.0659 e. The lowest BCUT2D eigenvalue weighted by atomic mass is 9.96. The molecule has 3 nitrogen and oxygen atoms in total. The van der Waals surface area contributed by atoms with Crippen LogP contribution in [0.25, 0.3) is 0 Å². The number of halogens is 1. The summed E-state index contributed by atoms with van der Waals surface area (Å²) in [5.41, 5.74) is 7.83. The van der Waals surface area contributed by atoms with Gasteiger partial charge >= 0.3 is 0 Å². The van der Waals surface area contributed by atoms with Crippen molar-refractivity contribution < 1.29 is 0 Å². The molecule has 0 amide bonds. The zero-order chi connectivity index (χ0) is 13.7. The third kappa shape index (κ3) is 4.07. The van der Waals surface area contributed by atoms with Crippen LogP contribution in [0.4, 0.5) is 11.4 Å². The Bertz CT molecular complexity index is 377. The number of anilines is 2. The van der Waals surface area contributed by atoms with Gasteiger partial charge in [0.15, 0.2) is 0 Å². The Kier molecular flexibility index (Phi) is 5.76. The first kappa shape index (κ1) is 15.1. The van der Waals surface area contributed by atoms with Gasteiger partial charge in [-0.25, -0.2) is 0 Å². The molecule has 0 saturated heterocycles. The Hall–Kier alpha value is -0.930. The van der Waals surface area contributed by atoms with E-state index in [1.54, 1.807) is 0 Å². The maximum Gasteiger partial charge on any atom is 0.0659 e. The van der Waals surface area contributed by atoms with E-state index >= 15 is 0 Å². The second-order valence-corrected chi connectivity index (χ2v) is 5.59. The fraction of sp³-hybridized carbons (Fsp3) is 0.571. The molecule has 0 bridgehead atoms. The van der Waals surface area contributed by atoms with E-state index in [2.05, 4.69) is 25.2 Å². The van der Waals surface area contributed by atoms with E-state index in [-0.39, 0.29) is 0 Å². The highest BCUT2D eigenvalue weighted by Crippen LogP contribution is 2.27. The van der Waals surface area contributed by atoms with Crippen LogP contribution in [-0.4, -0.2) is 27.2 Å². The van der Waals surface area contributed by atoms with E-state index < -0.39 is 0 Å². The monoisotopic (exact) mass is 269 g/mol. The van der Waals surface area contributed by atoms with Crippen LogP contribution < -0.4 is 16.0 Å². The van der Waals surface area contributed by atoms with Crippen molar-refractivity contribution in [2.75, 3.05) is 37.4 Å². The summed E-state index contributed by atoms with van der Waals surface area (Å²) in [6, 6.07) is 6.04. The quantitative estimate of drug-likeness (QED) is 0.834. The lowest BCUT2D eigenvalue weighted by Gasteiger charge is -2.21. The Morgan fingerprint density at radius 2 is 2.00 bits per heavy atom. The van der Waals surface area contributed by atoms with E-state index in [1.807, 2.05) is 31.1 Å². The predicted octanol–water partition coefficient (Wildman–Crippen LogP) is 3.05. The van der Waals surface area contributed by atoms with E-state index in [4.69, 9.17) is 17.3 Å². The largest absolute Gasteiger partial charge is 0.385 e. The van der Waals surface area contributed by atoms with Crippen LogP contribution in [0.15, 0.2) is 18.2 Å². The molecule has 0 radical (unpaired) electrons. The molecule has 1 aromatic rings. The molecule has 0 spiro atoms. The molecule has 1 atom stereocenters. The highest BCUT2D eigenvalue weighted by atomic mass is 35.5. The Labute approximate surface area is 115 Å². The minimum absolute atomic E-state index is 0.484. The highest BCUT2D eigenvalue weighted by molar-refractivity contribution is 6.33. The number of rotatable bonds is 6. The zero-order valence-corrected chi connectivity index (χ0v) is 12.5. The lowest BCUT2D eigenvalue weighted by molar-refractivity contribution is 0.413. The fourth-order valence-corrected chi connectivity index (χ4v) is 2.17. The summed E-state index contributed by atoms with van der Waals surface area (Å²) in [5, 5.41) is 4.16. The molecule has 18 heavy (non-hydrogen) atoms. The molecule has 0 saturated carbocycles. The average Bonchev–Trinajstić information content (AvgIpc) is 2.28. The SMILES string of the molecule is CC(C)C(CN)CNc1ccc(N(C)C)c(Cl)c1. The third-order valence-corrected chi connectivity index (χ3v) is 3.55. The third-order valence-electron chi connectivity index (χ3n) is 3.24. The Morgan fingerprint density at radius 3 is 2.44 bits per heavy atom. The Balaban J connectivity index is 2.66. The topological polar surface area (TPSA) is 41.3 Å². The van der Waals surface area contributed by atoms with Crippen molar-refractivity contribution >= 4 is 23.0 Å². The van der Waals surface area contributed by atoms with Crippen molar-refractivity contribution in [2.45, 2.75) is 13.8 Å².